The van der Waals surface area contributed by atoms with Crippen molar-refractivity contribution in [3.8, 4) is 0 Å². The number of fused-ring (bicyclic) bond motifs is 1. The lowest BCUT2D eigenvalue weighted by Gasteiger charge is -2.33. The normalized spacial score (nSPS) is 16.8. The van der Waals surface area contributed by atoms with E-state index in [9.17, 15) is 27.6 Å². The van der Waals surface area contributed by atoms with Crippen LogP contribution in [0.4, 0.5) is 24.0 Å². The predicted octanol–water partition coefficient (Wildman–Crippen LogP) is 6.05. The topological polar surface area (TPSA) is 112 Å². The highest BCUT2D eigenvalue weighted by Gasteiger charge is 2.47. The second-order valence-corrected chi connectivity index (χ2v) is 10.1. The average Bonchev–Trinajstić information content (AvgIpc) is 3.44. The summed E-state index contributed by atoms with van der Waals surface area (Å²) in [6.45, 7) is 1.47. The number of carbonyl (C=O) groups excluding carboxylic acids is 3. The van der Waals surface area contributed by atoms with Crippen LogP contribution in [0, 0.1) is 6.92 Å². The molecule has 3 heterocycles. The van der Waals surface area contributed by atoms with Gasteiger partial charge in [0.25, 0.3) is 5.91 Å². The number of alkyl halides is 3. The van der Waals surface area contributed by atoms with Crippen molar-refractivity contribution >= 4 is 63.2 Å². The van der Waals surface area contributed by atoms with Crippen LogP contribution in [0.25, 0.3) is 0 Å². The van der Waals surface area contributed by atoms with Gasteiger partial charge in [-0.3, -0.25) is 4.79 Å². The average molecular weight is 591 g/mol. The van der Waals surface area contributed by atoms with E-state index < -0.39 is 42.5 Å². The van der Waals surface area contributed by atoms with Crippen molar-refractivity contribution in [2.24, 2.45) is 0 Å². The van der Waals surface area contributed by atoms with Crippen LogP contribution >= 0.6 is 34.5 Å². The quantitative estimate of drug-likeness (QED) is 0.348. The fraction of sp³-hybridized carbons (Fsp3) is 0.304. The molecule has 2 N–H and O–H groups in total. The number of nitrogens with zero attached hydrogens (tertiary/aromatic N) is 2. The molecular weight excluding hydrogens is 572 g/mol. The van der Waals surface area contributed by atoms with Gasteiger partial charge in [-0.05, 0) is 30.2 Å². The number of methoxy groups -OCH3 is 2. The Kier molecular flexibility index (Phi) is 7.64. The van der Waals surface area contributed by atoms with Gasteiger partial charge in [0, 0.05) is 12.5 Å². The Labute approximate surface area is 227 Å². The van der Waals surface area contributed by atoms with Gasteiger partial charge in [0.2, 0.25) is 0 Å². The van der Waals surface area contributed by atoms with E-state index in [-0.39, 0.29) is 42.6 Å². The monoisotopic (exact) mass is 590 g/mol. The summed E-state index contributed by atoms with van der Waals surface area (Å²) in [6.07, 6.45) is -5.10. The highest BCUT2D eigenvalue weighted by Crippen LogP contribution is 2.44. The number of halogens is 5. The summed E-state index contributed by atoms with van der Waals surface area (Å²) < 4.78 is 52.2. The molecule has 1 aliphatic rings. The molecule has 0 fully saturated rings. The van der Waals surface area contributed by atoms with Gasteiger partial charge in [0.1, 0.15) is 15.7 Å². The Morgan fingerprint density at radius 3 is 2.42 bits per heavy atom. The number of esters is 2. The molecule has 15 heteroatoms. The van der Waals surface area contributed by atoms with E-state index in [2.05, 4.69) is 15.7 Å². The van der Waals surface area contributed by atoms with Gasteiger partial charge < -0.3 is 20.1 Å². The van der Waals surface area contributed by atoms with E-state index in [1.54, 1.807) is 6.07 Å². The smallest absolute Gasteiger partial charge is 0.410 e. The van der Waals surface area contributed by atoms with Crippen LogP contribution in [-0.2, 0) is 9.47 Å². The highest BCUT2D eigenvalue weighted by molar-refractivity contribution is 7.18. The first kappa shape index (κ1) is 27.7. The van der Waals surface area contributed by atoms with Crippen LogP contribution in [0.3, 0.4) is 0 Å². The van der Waals surface area contributed by atoms with Crippen molar-refractivity contribution in [3.63, 3.8) is 0 Å². The molecule has 38 heavy (non-hydrogen) atoms. The fourth-order valence-corrected chi connectivity index (χ4v) is 5.45. The number of ether oxygens (including phenoxy) is 2. The molecule has 1 amide bonds. The predicted molar refractivity (Wildman–Crippen MR) is 134 cm³/mol. The number of amides is 1. The Balaban J connectivity index is 1.69. The van der Waals surface area contributed by atoms with Crippen LogP contribution < -0.4 is 10.6 Å². The lowest BCUT2D eigenvalue weighted by atomic mass is 9.97. The molecule has 0 unspecified atom stereocenters. The van der Waals surface area contributed by atoms with Crippen molar-refractivity contribution in [1.82, 2.24) is 9.78 Å². The van der Waals surface area contributed by atoms with Crippen molar-refractivity contribution in [2.45, 2.75) is 31.6 Å². The maximum atomic E-state index is 14.0. The third kappa shape index (κ3) is 5.18. The summed E-state index contributed by atoms with van der Waals surface area (Å²) >= 11 is 12.8. The van der Waals surface area contributed by atoms with Crippen LogP contribution in [0.1, 0.15) is 60.1 Å². The van der Waals surface area contributed by atoms with Gasteiger partial charge in [-0.1, -0.05) is 29.3 Å². The lowest BCUT2D eigenvalue weighted by Crippen LogP contribution is -2.35. The Morgan fingerprint density at radius 2 is 1.82 bits per heavy atom. The van der Waals surface area contributed by atoms with Gasteiger partial charge in [-0.25, -0.2) is 14.3 Å². The minimum absolute atomic E-state index is 0.0419. The minimum Gasteiger partial charge on any atom is -0.465 e. The maximum Gasteiger partial charge on any atom is 0.410 e. The SMILES string of the molecule is COC(=O)c1sc(NC(=O)c2cc3n(n2)[C@H](C(F)(F)F)C[C@H](c2ccc(Cl)c(Cl)c2)N3)c(C(=O)OC)c1C. The largest absolute Gasteiger partial charge is 0.465 e. The summed E-state index contributed by atoms with van der Waals surface area (Å²) in [5.41, 5.74) is 0.259. The number of thiophene rings is 1. The second-order valence-electron chi connectivity index (χ2n) is 8.22. The number of nitrogens with one attached hydrogen (secondary N) is 2. The molecule has 0 saturated carbocycles. The molecule has 2 aromatic heterocycles. The number of benzene rings is 1. The number of hydrogen-bond acceptors (Lipinski definition) is 8. The Bertz CT molecular complexity index is 1440. The van der Waals surface area contributed by atoms with Gasteiger partial charge in [-0.2, -0.15) is 18.3 Å². The first-order valence-electron chi connectivity index (χ1n) is 10.8. The number of anilines is 2. The zero-order valence-electron chi connectivity index (χ0n) is 19.9. The van der Waals surface area contributed by atoms with Crippen molar-refractivity contribution in [1.29, 1.82) is 0 Å². The number of carbonyl (C=O) groups is 3. The van der Waals surface area contributed by atoms with E-state index in [1.165, 1.54) is 19.1 Å². The molecule has 0 aliphatic carbocycles. The summed E-state index contributed by atoms with van der Waals surface area (Å²) in [4.78, 5) is 37.5. The zero-order chi connectivity index (χ0) is 27.9. The number of aromatic nitrogens is 2. The highest BCUT2D eigenvalue weighted by atomic mass is 35.5. The lowest BCUT2D eigenvalue weighted by molar-refractivity contribution is -0.173. The number of rotatable bonds is 5. The molecule has 4 rings (SSSR count). The van der Waals surface area contributed by atoms with Crippen LogP contribution in [-0.4, -0.2) is 48.0 Å². The van der Waals surface area contributed by atoms with Crippen molar-refractivity contribution in [2.75, 3.05) is 24.9 Å². The minimum atomic E-state index is -4.68. The third-order valence-corrected chi connectivity index (χ3v) is 7.83. The maximum absolute atomic E-state index is 14.0. The first-order chi connectivity index (χ1) is 17.8. The van der Waals surface area contributed by atoms with Gasteiger partial charge in [-0.15, -0.1) is 11.3 Å². The van der Waals surface area contributed by atoms with Gasteiger partial charge >= 0.3 is 18.1 Å². The van der Waals surface area contributed by atoms with Gasteiger partial charge in [0.05, 0.1) is 35.9 Å². The van der Waals surface area contributed by atoms with Crippen molar-refractivity contribution in [3.05, 3.63) is 61.6 Å². The van der Waals surface area contributed by atoms with E-state index in [0.29, 0.717) is 10.2 Å². The molecule has 1 aliphatic heterocycles. The second kappa shape index (κ2) is 10.5. The van der Waals surface area contributed by atoms with Crippen LogP contribution in [0.2, 0.25) is 10.0 Å². The summed E-state index contributed by atoms with van der Waals surface area (Å²) in [7, 11) is 2.28. The third-order valence-electron chi connectivity index (χ3n) is 5.90. The van der Waals surface area contributed by atoms with E-state index >= 15 is 0 Å². The molecule has 9 nitrogen and oxygen atoms in total. The molecule has 0 radical (unpaired) electrons. The van der Waals surface area contributed by atoms with Gasteiger partial charge in [0.15, 0.2) is 11.7 Å². The zero-order valence-corrected chi connectivity index (χ0v) is 22.2. The molecule has 0 bridgehead atoms. The molecule has 0 spiro atoms. The molecule has 0 saturated heterocycles. The summed E-state index contributed by atoms with van der Waals surface area (Å²) in [5, 5.41) is 9.72. The summed E-state index contributed by atoms with van der Waals surface area (Å²) in [6, 6.07) is 2.84. The summed E-state index contributed by atoms with van der Waals surface area (Å²) in [5.74, 6) is -2.51. The molecule has 1 aromatic carbocycles. The Hall–Kier alpha value is -3.29. The molecular formula is C23H19Cl2F3N4O5S. The molecule has 3 aromatic rings. The Morgan fingerprint density at radius 1 is 1.13 bits per heavy atom. The molecule has 202 valence electrons. The van der Waals surface area contributed by atoms with E-state index in [0.717, 1.165) is 31.6 Å². The van der Waals surface area contributed by atoms with Crippen molar-refractivity contribution < 1.29 is 37.0 Å². The fourth-order valence-electron chi connectivity index (χ4n) is 4.04. The first-order valence-corrected chi connectivity index (χ1v) is 12.4. The van der Waals surface area contributed by atoms with Crippen LogP contribution in [0.5, 0.6) is 0 Å². The van der Waals surface area contributed by atoms with E-state index in [4.69, 9.17) is 32.7 Å². The van der Waals surface area contributed by atoms with Crippen LogP contribution in [0.15, 0.2) is 24.3 Å². The van der Waals surface area contributed by atoms with E-state index in [1.807, 2.05) is 0 Å². The standard InChI is InChI=1S/C23H19Cl2F3N4O5S/c1-9-17(21(34)36-2)20(38-18(9)22(35)37-3)30-19(33)14-8-16-29-13(10-4-5-11(24)12(25)6-10)7-15(23(26,27)28)32(16)31-14/h4-6,8,13,15,29H,7H2,1-3H3,(H,30,33)/t13-,15+/m1/s1. The molecule has 2 atom stereocenters. The number of hydrogen-bond donors (Lipinski definition) is 2.